The minimum atomic E-state index is -2.14. The standard InChI is InChI=1S/C14H22O.C13H22O2Si.C13H18O2/c1-6-11(2)12-7-9-13(10-8-12)15-14(3,4)5;1-6-11(2)12-7-9-13(10-8-12)16(5,14-3)15-4;1-5-9(2)10-6-7-11-12(8-10)15-13(3,4)14-11/h7-11H,6H2,1-5H3;7-11H,6H2,1-5H3;6-9H,5H2,1-4H3. The Bertz CT molecular complexity index is 1310. The van der Waals surface area contributed by atoms with E-state index >= 15 is 0 Å². The van der Waals surface area contributed by atoms with E-state index in [0.29, 0.717) is 17.8 Å². The summed E-state index contributed by atoms with van der Waals surface area (Å²) in [4.78, 5) is 0. The van der Waals surface area contributed by atoms with Gasteiger partial charge in [0.15, 0.2) is 11.5 Å². The lowest BCUT2D eigenvalue weighted by Crippen LogP contribution is -2.49. The molecule has 3 aromatic rings. The monoisotopic (exact) mass is 650 g/mol. The molecule has 1 aliphatic rings. The van der Waals surface area contributed by atoms with E-state index in [4.69, 9.17) is 23.1 Å². The van der Waals surface area contributed by atoms with Crippen LogP contribution in [0, 0.1) is 0 Å². The van der Waals surface area contributed by atoms with Gasteiger partial charge in [0.2, 0.25) is 5.79 Å². The molecule has 0 spiro atoms. The molecule has 0 aliphatic carbocycles. The van der Waals surface area contributed by atoms with E-state index in [9.17, 15) is 0 Å². The average Bonchev–Trinajstić information content (AvgIpc) is 3.36. The van der Waals surface area contributed by atoms with E-state index in [-0.39, 0.29) is 5.60 Å². The molecule has 3 atom stereocenters. The molecule has 0 aromatic heterocycles. The summed E-state index contributed by atoms with van der Waals surface area (Å²) >= 11 is 0. The lowest BCUT2D eigenvalue weighted by atomic mass is 9.98. The molecule has 3 aromatic carbocycles. The van der Waals surface area contributed by atoms with E-state index in [0.717, 1.165) is 23.7 Å². The van der Waals surface area contributed by atoms with Gasteiger partial charge in [-0.1, -0.05) is 84.0 Å². The Hall–Kier alpha value is -2.80. The molecule has 0 fully saturated rings. The van der Waals surface area contributed by atoms with Crippen LogP contribution in [0.15, 0.2) is 66.7 Å². The quantitative estimate of drug-likeness (QED) is 0.204. The molecule has 0 bridgehead atoms. The van der Waals surface area contributed by atoms with Crippen LogP contribution in [0.3, 0.4) is 0 Å². The SMILES string of the molecule is CCC(C)c1ccc(OC(C)(C)C)cc1.CCC(C)c1ccc([Si](C)(OC)OC)cc1.CCC(C)c1ccc2c(c1)OC(C)(C)O2. The summed E-state index contributed by atoms with van der Waals surface area (Å²) in [6.45, 7) is 25.4. The Kier molecular flexibility index (Phi) is 14.9. The summed E-state index contributed by atoms with van der Waals surface area (Å²) in [6, 6.07) is 23.3. The average molecular weight is 651 g/mol. The molecule has 1 heterocycles. The van der Waals surface area contributed by atoms with E-state index < -0.39 is 14.3 Å². The molecule has 3 unspecified atom stereocenters. The Labute approximate surface area is 282 Å². The summed E-state index contributed by atoms with van der Waals surface area (Å²) in [6.07, 6.45) is 3.49. The summed E-state index contributed by atoms with van der Waals surface area (Å²) < 4.78 is 28.2. The molecule has 0 radical (unpaired) electrons. The maximum atomic E-state index is 5.77. The Morgan fingerprint density at radius 3 is 1.50 bits per heavy atom. The third-order valence-corrected chi connectivity index (χ3v) is 11.7. The summed E-state index contributed by atoms with van der Waals surface area (Å²) in [7, 11) is 1.30. The van der Waals surface area contributed by atoms with Gasteiger partial charge in [-0.2, -0.15) is 0 Å². The Morgan fingerprint density at radius 1 is 0.652 bits per heavy atom. The van der Waals surface area contributed by atoms with Crippen LogP contribution in [-0.4, -0.2) is 34.2 Å². The van der Waals surface area contributed by atoms with Crippen molar-refractivity contribution in [3.8, 4) is 17.2 Å². The first-order chi connectivity index (χ1) is 21.5. The smallest absolute Gasteiger partial charge is 0.368 e. The van der Waals surface area contributed by atoms with E-state index in [1.807, 2.05) is 19.9 Å². The van der Waals surface area contributed by atoms with Crippen LogP contribution in [0.5, 0.6) is 17.2 Å². The fraction of sp³-hybridized carbons (Fsp3) is 0.550. The topological polar surface area (TPSA) is 46.2 Å². The van der Waals surface area contributed by atoms with Crippen molar-refractivity contribution >= 4 is 13.7 Å². The van der Waals surface area contributed by atoms with E-state index in [1.54, 1.807) is 14.2 Å². The summed E-state index contributed by atoms with van der Waals surface area (Å²) in [5.41, 5.74) is 3.98. The molecule has 5 nitrogen and oxygen atoms in total. The van der Waals surface area contributed by atoms with Crippen molar-refractivity contribution < 1.29 is 23.1 Å². The van der Waals surface area contributed by atoms with Crippen molar-refractivity contribution in [2.75, 3.05) is 14.2 Å². The molecule has 6 heteroatoms. The molecule has 1 aliphatic heterocycles. The van der Waals surface area contributed by atoms with Gasteiger partial charge in [-0.05, 0) is 110 Å². The van der Waals surface area contributed by atoms with Gasteiger partial charge in [-0.25, -0.2) is 0 Å². The van der Waals surface area contributed by atoms with Crippen molar-refractivity contribution in [1.82, 2.24) is 0 Å². The van der Waals surface area contributed by atoms with Gasteiger partial charge in [0.05, 0.1) is 0 Å². The maximum absolute atomic E-state index is 5.77. The highest BCUT2D eigenvalue weighted by Crippen LogP contribution is 2.41. The van der Waals surface area contributed by atoms with Crippen LogP contribution < -0.4 is 19.4 Å². The van der Waals surface area contributed by atoms with Gasteiger partial charge in [-0.3, -0.25) is 0 Å². The maximum Gasteiger partial charge on any atom is 0.368 e. The van der Waals surface area contributed by atoms with Crippen LogP contribution in [-0.2, 0) is 8.85 Å². The Balaban J connectivity index is 0.000000240. The largest absolute Gasteiger partial charge is 0.488 e. The molecule has 0 amide bonds. The van der Waals surface area contributed by atoms with Gasteiger partial charge >= 0.3 is 8.56 Å². The first kappa shape index (κ1) is 39.4. The molecular weight excluding hydrogens is 589 g/mol. The highest BCUT2D eigenvalue weighted by atomic mass is 28.4. The van der Waals surface area contributed by atoms with Gasteiger partial charge in [0.1, 0.15) is 11.4 Å². The van der Waals surface area contributed by atoms with Crippen molar-refractivity contribution in [2.24, 2.45) is 0 Å². The minimum absolute atomic E-state index is 0.113. The second-order valence-electron chi connectivity index (χ2n) is 14.0. The van der Waals surface area contributed by atoms with Crippen molar-refractivity contribution in [1.29, 1.82) is 0 Å². The zero-order valence-corrected chi connectivity index (χ0v) is 32.2. The van der Waals surface area contributed by atoms with Crippen LogP contribution in [0.25, 0.3) is 0 Å². The highest BCUT2D eigenvalue weighted by Gasteiger charge is 2.32. The molecule has 0 N–H and O–H groups in total. The number of rotatable bonds is 10. The van der Waals surface area contributed by atoms with Crippen LogP contribution in [0.4, 0.5) is 0 Å². The highest BCUT2D eigenvalue weighted by molar-refractivity contribution is 6.79. The van der Waals surface area contributed by atoms with Gasteiger partial charge in [0.25, 0.3) is 0 Å². The normalized spacial score (nSPS) is 15.4. The lowest BCUT2D eigenvalue weighted by molar-refractivity contribution is -0.0431. The number of hydrogen-bond acceptors (Lipinski definition) is 5. The molecule has 0 saturated carbocycles. The zero-order chi connectivity index (χ0) is 34.7. The molecule has 46 heavy (non-hydrogen) atoms. The fourth-order valence-electron chi connectivity index (χ4n) is 4.90. The first-order valence-electron chi connectivity index (χ1n) is 17.0. The predicted octanol–water partition coefficient (Wildman–Crippen LogP) is 10.9. The van der Waals surface area contributed by atoms with Crippen molar-refractivity contribution in [3.63, 3.8) is 0 Å². The number of fused-ring (bicyclic) bond motifs is 1. The number of ether oxygens (including phenoxy) is 3. The second-order valence-corrected chi connectivity index (χ2v) is 17.3. The fourth-order valence-corrected chi connectivity index (χ4v) is 6.31. The van der Waals surface area contributed by atoms with Crippen LogP contribution in [0.2, 0.25) is 6.55 Å². The molecule has 4 rings (SSSR count). The van der Waals surface area contributed by atoms with E-state index in [2.05, 4.69) is 130 Å². The van der Waals surface area contributed by atoms with E-state index in [1.165, 1.54) is 34.7 Å². The van der Waals surface area contributed by atoms with Gasteiger partial charge in [0, 0.05) is 28.1 Å². The number of benzene rings is 3. The Morgan fingerprint density at radius 2 is 1.07 bits per heavy atom. The lowest BCUT2D eigenvalue weighted by Gasteiger charge is -2.23. The first-order valence-corrected chi connectivity index (χ1v) is 19.3. The molecule has 256 valence electrons. The summed E-state index contributed by atoms with van der Waals surface area (Å²) in [5.74, 6) is 3.99. The van der Waals surface area contributed by atoms with Crippen LogP contribution >= 0.6 is 0 Å². The third-order valence-electron chi connectivity index (χ3n) is 8.74. The second kappa shape index (κ2) is 17.4. The molecular formula is C40H62O5Si. The minimum Gasteiger partial charge on any atom is -0.488 e. The molecule has 0 saturated heterocycles. The van der Waals surface area contributed by atoms with Gasteiger partial charge < -0.3 is 23.1 Å². The summed E-state index contributed by atoms with van der Waals surface area (Å²) in [5, 5.41) is 1.18. The zero-order valence-electron chi connectivity index (χ0n) is 31.2. The number of hydrogen-bond donors (Lipinski definition) is 0. The van der Waals surface area contributed by atoms with Crippen molar-refractivity contribution in [2.45, 2.75) is 131 Å². The van der Waals surface area contributed by atoms with Gasteiger partial charge in [-0.15, -0.1) is 0 Å². The van der Waals surface area contributed by atoms with Crippen LogP contribution in [0.1, 0.15) is 130 Å². The third kappa shape index (κ3) is 11.8. The van der Waals surface area contributed by atoms with Crippen molar-refractivity contribution in [3.05, 3.63) is 83.4 Å². The predicted molar refractivity (Wildman–Crippen MR) is 196 cm³/mol.